The van der Waals surface area contributed by atoms with Gasteiger partial charge in [0.1, 0.15) is 0 Å². The van der Waals surface area contributed by atoms with E-state index in [0.29, 0.717) is 0 Å². The lowest BCUT2D eigenvalue weighted by Crippen LogP contribution is -2.65. The fraction of sp³-hybridized carbons (Fsp3) is 1.00. The van der Waals surface area contributed by atoms with Gasteiger partial charge in [0.15, 0.2) is 0 Å². The first-order valence-corrected chi connectivity index (χ1v) is 8.15. The largest absolute Gasteiger partial charge is 0.304 e. The topological polar surface area (TPSA) is 13.0 Å². The Morgan fingerprint density at radius 2 is 1.42 bits per heavy atom. The Morgan fingerprint density at radius 3 is 2.00 bits per heavy atom. The van der Waals surface area contributed by atoms with E-state index >= 15 is 0 Å². The van der Waals surface area contributed by atoms with Crippen molar-refractivity contribution in [3.8, 4) is 0 Å². The molecule has 4 heteroatoms. The molecule has 3 aliphatic rings. The molecular weight excluding hydrogens is 236 g/mol. The zero-order valence-corrected chi connectivity index (χ0v) is 12.7. The van der Waals surface area contributed by atoms with Crippen LogP contribution in [0.5, 0.6) is 0 Å². The predicted molar refractivity (Wildman–Crippen MR) is 79.6 cm³/mol. The third-order valence-corrected chi connectivity index (χ3v) is 5.47. The molecule has 3 fully saturated rings. The van der Waals surface area contributed by atoms with Crippen LogP contribution in [0.2, 0.25) is 0 Å². The molecule has 0 N–H and O–H groups in total. The standard InChI is InChI=1S/C15H30N4/c1-3-17-6-4-14(5-7-17)19-12-15(13-19)18-10-8-16(2)9-11-18/h14-15H,3-13H2,1-2H3. The Kier molecular flexibility index (Phi) is 4.42. The van der Waals surface area contributed by atoms with Crippen LogP contribution in [0.4, 0.5) is 0 Å². The smallest absolute Gasteiger partial charge is 0.0351 e. The molecular formula is C15H30N4. The van der Waals surface area contributed by atoms with Crippen molar-refractivity contribution in [1.29, 1.82) is 0 Å². The molecule has 3 saturated heterocycles. The summed E-state index contributed by atoms with van der Waals surface area (Å²) < 4.78 is 0. The molecule has 0 bridgehead atoms. The van der Waals surface area contributed by atoms with Crippen LogP contribution >= 0.6 is 0 Å². The van der Waals surface area contributed by atoms with Crippen molar-refractivity contribution in [2.45, 2.75) is 31.8 Å². The second kappa shape index (κ2) is 6.08. The molecule has 0 aromatic heterocycles. The van der Waals surface area contributed by atoms with E-state index in [4.69, 9.17) is 0 Å². The fourth-order valence-corrected chi connectivity index (χ4v) is 3.80. The van der Waals surface area contributed by atoms with Crippen molar-refractivity contribution in [3.05, 3.63) is 0 Å². The van der Waals surface area contributed by atoms with Gasteiger partial charge >= 0.3 is 0 Å². The van der Waals surface area contributed by atoms with E-state index in [1.165, 1.54) is 71.7 Å². The van der Waals surface area contributed by atoms with Crippen molar-refractivity contribution in [2.24, 2.45) is 0 Å². The van der Waals surface area contributed by atoms with Gasteiger partial charge in [0.05, 0.1) is 0 Å². The van der Waals surface area contributed by atoms with Crippen LogP contribution in [0.15, 0.2) is 0 Å². The van der Waals surface area contributed by atoms with E-state index in [-0.39, 0.29) is 0 Å². The molecule has 3 rings (SSSR count). The van der Waals surface area contributed by atoms with Crippen molar-refractivity contribution in [3.63, 3.8) is 0 Å². The molecule has 3 heterocycles. The second-order valence-corrected chi connectivity index (χ2v) is 6.61. The summed E-state index contributed by atoms with van der Waals surface area (Å²) in [4.78, 5) is 10.5. The van der Waals surface area contributed by atoms with Gasteiger partial charge in [-0.25, -0.2) is 0 Å². The molecule has 0 aliphatic carbocycles. The summed E-state index contributed by atoms with van der Waals surface area (Å²) in [6.07, 6.45) is 2.78. The van der Waals surface area contributed by atoms with Crippen molar-refractivity contribution >= 4 is 0 Å². The molecule has 3 aliphatic heterocycles. The minimum Gasteiger partial charge on any atom is -0.304 e. The van der Waals surface area contributed by atoms with Gasteiger partial charge in [-0.05, 0) is 39.5 Å². The van der Waals surface area contributed by atoms with E-state index in [1.807, 2.05) is 0 Å². The minimum atomic E-state index is 0.859. The molecule has 4 nitrogen and oxygen atoms in total. The van der Waals surface area contributed by atoms with Crippen LogP contribution in [0.1, 0.15) is 19.8 Å². The minimum absolute atomic E-state index is 0.859. The van der Waals surface area contributed by atoms with Crippen LogP contribution in [0.3, 0.4) is 0 Å². The number of hydrogen-bond acceptors (Lipinski definition) is 4. The van der Waals surface area contributed by atoms with E-state index in [2.05, 4.69) is 33.6 Å². The number of likely N-dealkylation sites (tertiary alicyclic amines) is 2. The first kappa shape index (κ1) is 13.8. The third kappa shape index (κ3) is 3.13. The predicted octanol–water partition coefficient (Wildman–Crippen LogP) is 0.402. The van der Waals surface area contributed by atoms with E-state index in [9.17, 15) is 0 Å². The summed E-state index contributed by atoms with van der Waals surface area (Å²) in [7, 11) is 2.24. The van der Waals surface area contributed by atoms with E-state index in [1.54, 1.807) is 0 Å². The van der Waals surface area contributed by atoms with Gasteiger partial charge in [-0.15, -0.1) is 0 Å². The number of piperidine rings is 1. The molecule has 0 atom stereocenters. The van der Waals surface area contributed by atoms with Gasteiger partial charge in [-0.3, -0.25) is 9.80 Å². The van der Waals surface area contributed by atoms with Gasteiger partial charge in [0.2, 0.25) is 0 Å². The van der Waals surface area contributed by atoms with Gasteiger partial charge in [-0.1, -0.05) is 6.92 Å². The van der Waals surface area contributed by atoms with E-state index in [0.717, 1.165) is 12.1 Å². The lowest BCUT2D eigenvalue weighted by Gasteiger charge is -2.52. The maximum Gasteiger partial charge on any atom is 0.0351 e. The molecule has 0 spiro atoms. The number of likely N-dealkylation sites (N-methyl/N-ethyl adjacent to an activating group) is 1. The first-order valence-electron chi connectivity index (χ1n) is 8.15. The maximum absolute atomic E-state index is 2.75. The molecule has 0 aromatic carbocycles. The molecule has 0 unspecified atom stereocenters. The molecule has 0 amide bonds. The summed E-state index contributed by atoms with van der Waals surface area (Å²) in [5, 5.41) is 0. The monoisotopic (exact) mass is 266 g/mol. The van der Waals surface area contributed by atoms with Crippen molar-refractivity contribution in [2.75, 3.05) is 66.0 Å². The average Bonchev–Trinajstić information content (AvgIpc) is 2.40. The molecule has 19 heavy (non-hydrogen) atoms. The number of rotatable bonds is 3. The Labute approximate surface area is 118 Å². The van der Waals surface area contributed by atoms with Gasteiger partial charge in [0, 0.05) is 51.4 Å². The number of hydrogen-bond donors (Lipinski definition) is 0. The highest BCUT2D eigenvalue weighted by molar-refractivity contribution is 4.94. The van der Waals surface area contributed by atoms with Crippen LogP contribution in [-0.4, -0.2) is 97.6 Å². The zero-order valence-electron chi connectivity index (χ0n) is 12.7. The number of nitrogens with zero attached hydrogens (tertiary/aromatic N) is 4. The van der Waals surface area contributed by atoms with Crippen LogP contribution in [0, 0.1) is 0 Å². The molecule has 0 saturated carbocycles. The Morgan fingerprint density at radius 1 is 0.789 bits per heavy atom. The summed E-state index contributed by atoms with van der Waals surface area (Å²) in [6.45, 7) is 13.9. The van der Waals surface area contributed by atoms with Crippen LogP contribution in [-0.2, 0) is 0 Å². The lowest BCUT2D eigenvalue weighted by atomic mass is 9.96. The van der Waals surface area contributed by atoms with Gasteiger partial charge in [-0.2, -0.15) is 0 Å². The average molecular weight is 266 g/mol. The van der Waals surface area contributed by atoms with Crippen LogP contribution < -0.4 is 0 Å². The lowest BCUT2D eigenvalue weighted by molar-refractivity contribution is -0.0275. The molecule has 110 valence electrons. The highest BCUT2D eigenvalue weighted by Gasteiger charge is 2.37. The normalized spacial score (nSPS) is 30.6. The Hall–Kier alpha value is -0.160. The Bertz CT molecular complexity index is 274. The summed E-state index contributed by atoms with van der Waals surface area (Å²) in [5.74, 6) is 0. The molecule has 0 aromatic rings. The van der Waals surface area contributed by atoms with Crippen molar-refractivity contribution < 1.29 is 0 Å². The zero-order chi connectivity index (χ0) is 13.2. The highest BCUT2D eigenvalue weighted by Crippen LogP contribution is 2.24. The second-order valence-electron chi connectivity index (χ2n) is 6.61. The van der Waals surface area contributed by atoms with Gasteiger partial charge < -0.3 is 9.80 Å². The van der Waals surface area contributed by atoms with Crippen LogP contribution in [0.25, 0.3) is 0 Å². The summed E-state index contributed by atoms with van der Waals surface area (Å²) >= 11 is 0. The molecule has 0 radical (unpaired) electrons. The van der Waals surface area contributed by atoms with Crippen molar-refractivity contribution in [1.82, 2.24) is 19.6 Å². The van der Waals surface area contributed by atoms with E-state index < -0.39 is 0 Å². The maximum atomic E-state index is 2.75. The quantitative estimate of drug-likeness (QED) is 0.733. The third-order valence-electron chi connectivity index (χ3n) is 5.47. The van der Waals surface area contributed by atoms with Gasteiger partial charge in [0.25, 0.3) is 0 Å². The number of piperazine rings is 1. The first-order chi connectivity index (χ1) is 9.26. The summed E-state index contributed by atoms with van der Waals surface area (Å²) in [6, 6.07) is 1.74. The fourth-order valence-electron chi connectivity index (χ4n) is 3.80. The Balaban J connectivity index is 1.38. The SMILES string of the molecule is CCN1CCC(N2CC(N3CCN(C)CC3)C2)CC1. The summed E-state index contributed by atoms with van der Waals surface area (Å²) in [5.41, 5.74) is 0. The highest BCUT2D eigenvalue weighted by atomic mass is 15.4.